The third kappa shape index (κ3) is 4.34. The maximum atomic E-state index is 13.5. The zero-order valence-corrected chi connectivity index (χ0v) is 18.8. The van der Waals surface area contributed by atoms with Crippen LogP contribution in [-0.2, 0) is 4.79 Å². The van der Waals surface area contributed by atoms with Gasteiger partial charge >= 0.3 is 0 Å². The number of ether oxygens (including phenoxy) is 1. The predicted molar refractivity (Wildman–Crippen MR) is 117 cm³/mol. The van der Waals surface area contributed by atoms with Gasteiger partial charge in [-0.3, -0.25) is 9.59 Å². The molecule has 2 saturated heterocycles. The van der Waals surface area contributed by atoms with Gasteiger partial charge in [0, 0.05) is 39.0 Å². The number of hydrogen-bond donors (Lipinski definition) is 0. The summed E-state index contributed by atoms with van der Waals surface area (Å²) in [7, 11) is 2.12. The fourth-order valence-corrected chi connectivity index (χ4v) is 5.30. The Balaban J connectivity index is 1.60. The smallest absolute Gasteiger partial charge is 0.258 e. The topological polar surface area (TPSA) is 53.1 Å². The molecule has 3 aliphatic rings. The number of fused-ring (bicyclic) bond motifs is 1. The molecule has 0 saturated carbocycles. The summed E-state index contributed by atoms with van der Waals surface area (Å²) in [5.41, 5.74) is 1.18. The van der Waals surface area contributed by atoms with Crippen LogP contribution < -0.4 is 4.74 Å². The minimum absolute atomic E-state index is 0.0564. The second-order valence-electron chi connectivity index (χ2n) is 9.99. The summed E-state index contributed by atoms with van der Waals surface area (Å²) >= 11 is 0. The van der Waals surface area contributed by atoms with E-state index in [0.717, 1.165) is 51.0 Å². The van der Waals surface area contributed by atoms with Crippen LogP contribution in [0.15, 0.2) is 18.2 Å². The molecule has 4 rings (SSSR count). The lowest BCUT2D eigenvalue weighted by molar-refractivity contribution is -0.135. The molecule has 0 aliphatic carbocycles. The first-order valence-corrected chi connectivity index (χ1v) is 11.3. The Morgan fingerprint density at radius 2 is 1.83 bits per heavy atom. The van der Waals surface area contributed by atoms with Crippen molar-refractivity contribution >= 4 is 11.8 Å². The molecule has 2 atom stereocenters. The number of benzene rings is 1. The molecule has 30 heavy (non-hydrogen) atoms. The molecule has 1 spiro atoms. The highest BCUT2D eigenvalue weighted by Gasteiger charge is 2.43. The van der Waals surface area contributed by atoms with Crippen LogP contribution in [0.1, 0.15) is 49.0 Å². The van der Waals surface area contributed by atoms with Crippen LogP contribution in [0, 0.1) is 18.8 Å². The van der Waals surface area contributed by atoms with Gasteiger partial charge in [-0.25, -0.2) is 0 Å². The van der Waals surface area contributed by atoms with E-state index in [1.165, 1.54) is 0 Å². The Labute approximate surface area is 180 Å². The molecule has 2 fully saturated rings. The number of aryl methyl sites for hydroxylation is 1. The Morgan fingerprint density at radius 3 is 2.50 bits per heavy atom. The highest BCUT2D eigenvalue weighted by molar-refractivity contribution is 5.99. The average Bonchev–Trinajstić information content (AvgIpc) is 2.79. The van der Waals surface area contributed by atoms with Gasteiger partial charge in [0.25, 0.3) is 5.91 Å². The Morgan fingerprint density at radius 1 is 1.17 bits per heavy atom. The monoisotopic (exact) mass is 413 g/mol. The van der Waals surface area contributed by atoms with E-state index in [1.807, 2.05) is 30.0 Å². The summed E-state index contributed by atoms with van der Waals surface area (Å²) in [4.78, 5) is 32.7. The molecule has 6 heteroatoms. The van der Waals surface area contributed by atoms with Crippen LogP contribution in [-0.4, -0.2) is 78.4 Å². The van der Waals surface area contributed by atoms with Crippen LogP contribution in [0.3, 0.4) is 0 Å². The zero-order valence-electron chi connectivity index (χ0n) is 18.8. The largest absolute Gasteiger partial charge is 0.484 e. The molecule has 0 aromatic heterocycles. The normalized spacial score (nSPS) is 26.9. The van der Waals surface area contributed by atoms with Crippen LogP contribution in [0.25, 0.3) is 0 Å². The van der Waals surface area contributed by atoms with E-state index < -0.39 is 5.60 Å². The molecule has 3 aliphatic heterocycles. The molecule has 3 heterocycles. The number of likely N-dealkylation sites (tertiary alicyclic amines) is 2. The predicted octanol–water partition coefficient (Wildman–Crippen LogP) is 2.80. The van der Waals surface area contributed by atoms with Crippen LogP contribution >= 0.6 is 0 Å². The fraction of sp³-hybridized carbons (Fsp3) is 0.667. The Hall–Kier alpha value is -2.08. The van der Waals surface area contributed by atoms with Crippen LogP contribution in [0.5, 0.6) is 5.75 Å². The summed E-state index contributed by atoms with van der Waals surface area (Å²) in [6.45, 7) is 10.4. The summed E-state index contributed by atoms with van der Waals surface area (Å²) in [6, 6.07) is 5.81. The first kappa shape index (κ1) is 21.2. The number of carbonyl (C=O) groups is 2. The highest BCUT2D eigenvalue weighted by Crippen LogP contribution is 2.36. The summed E-state index contributed by atoms with van der Waals surface area (Å²) in [6.07, 6.45) is 2.86. The van der Waals surface area contributed by atoms with Gasteiger partial charge in [-0.05, 0) is 44.4 Å². The molecule has 2 amide bonds. The van der Waals surface area contributed by atoms with Crippen molar-refractivity contribution in [1.29, 1.82) is 0 Å². The number of piperidine rings is 2. The average molecular weight is 414 g/mol. The lowest BCUT2D eigenvalue weighted by atomic mass is 9.90. The summed E-state index contributed by atoms with van der Waals surface area (Å²) in [5, 5.41) is 0. The standard InChI is InChI=1S/C24H35N3O3/c1-17-5-6-21-20(12-17)23(29)27(16-24(30-21)7-9-25(4)10-8-24)15-22(28)26-13-18(2)11-19(3)14-26/h5-6,12,18-19H,7-11,13-16H2,1-4H3. The van der Waals surface area contributed by atoms with Crippen molar-refractivity contribution in [3.63, 3.8) is 0 Å². The van der Waals surface area contributed by atoms with Gasteiger partial charge in [0.1, 0.15) is 17.9 Å². The van der Waals surface area contributed by atoms with E-state index in [4.69, 9.17) is 4.74 Å². The maximum Gasteiger partial charge on any atom is 0.258 e. The third-order valence-electron chi connectivity index (χ3n) is 6.90. The number of rotatable bonds is 2. The molecule has 0 bridgehead atoms. The molecule has 6 nitrogen and oxygen atoms in total. The van der Waals surface area contributed by atoms with Crippen molar-refractivity contribution in [2.24, 2.45) is 11.8 Å². The lowest BCUT2D eigenvalue weighted by Crippen LogP contribution is -2.55. The lowest BCUT2D eigenvalue weighted by Gasteiger charge is -2.42. The van der Waals surface area contributed by atoms with Crippen molar-refractivity contribution in [2.45, 2.75) is 45.6 Å². The van der Waals surface area contributed by atoms with Gasteiger partial charge in [0.2, 0.25) is 5.91 Å². The van der Waals surface area contributed by atoms with Gasteiger partial charge in [-0.1, -0.05) is 25.5 Å². The molecule has 2 unspecified atom stereocenters. The number of hydrogen-bond acceptors (Lipinski definition) is 4. The highest BCUT2D eigenvalue weighted by atomic mass is 16.5. The quantitative estimate of drug-likeness (QED) is 0.748. The van der Waals surface area contributed by atoms with Crippen molar-refractivity contribution < 1.29 is 14.3 Å². The van der Waals surface area contributed by atoms with Crippen molar-refractivity contribution in [3.05, 3.63) is 29.3 Å². The van der Waals surface area contributed by atoms with E-state index in [0.29, 0.717) is 29.7 Å². The van der Waals surface area contributed by atoms with E-state index in [-0.39, 0.29) is 18.4 Å². The van der Waals surface area contributed by atoms with E-state index in [2.05, 4.69) is 25.8 Å². The SMILES string of the molecule is Cc1ccc2c(c1)C(=O)N(CC(=O)N1CC(C)CC(C)C1)CC1(CCN(C)CC1)O2. The molecule has 1 aromatic rings. The van der Waals surface area contributed by atoms with E-state index in [1.54, 1.807) is 4.90 Å². The van der Waals surface area contributed by atoms with Crippen LogP contribution in [0.4, 0.5) is 0 Å². The molecule has 0 N–H and O–H groups in total. The van der Waals surface area contributed by atoms with Crippen LogP contribution in [0.2, 0.25) is 0 Å². The minimum atomic E-state index is -0.425. The van der Waals surface area contributed by atoms with Gasteiger partial charge in [0.05, 0.1) is 12.1 Å². The Kier molecular flexibility index (Phi) is 5.80. The van der Waals surface area contributed by atoms with Crippen molar-refractivity contribution in [2.75, 3.05) is 46.3 Å². The van der Waals surface area contributed by atoms with Gasteiger partial charge in [-0.2, -0.15) is 0 Å². The molecule has 0 radical (unpaired) electrons. The number of nitrogens with zero attached hydrogens (tertiary/aromatic N) is 3. The van der Waals surface area contributed by atoms with E-state index in [9.17, 15) is 9.59 Å². The van der Waals surface area contributed by atoms with Gasteiger partial charge < -0.3 is 19.4 Å². The third-order valence-corrected chi connectivity index (χ3v) is 6.90. The molecule has 164 valence electrons. The first-order valence-electron chi connectivity index (χ1n) is 11.3. The van der Waals surface area contributed by atoms with E-state index >= 15 is 0 Å². The first-order chi connectivity index (χ1) is 14.2. The van der Waals surface area contributed by atoms with Gasteiger partial charge in [-0.15, -0.1) is 0 Å². The Bertz CT molecular complexity index is 806. The maximum absolute atomic E-state index is 13.5. The zero-order chi connectivity index (χ0) is 21.5. The fourth-order valence-electron chi connectivity index (χ4n) is 5.30. The summed E-state index contributed by atoms with van der Waals surface area (Å²) in [5.74, 6) is 1.64. The minimum Gasteiger partial charge on any atom is -0.484 e. The molecular formula is C24H35N3O3. The second-order valence-corrected chi connectivity index (χ2v) is 9.99. The number of amides is 2. The molecule has 1 aromatic carbocycles. The number of carbonyl (C=O) groups excluding carboxylic acids is 2. The van der Waals surface area contributed by atoms with Crippen molar-refractivity contribution in [1.82, 2.24) is 14.7 Å². The van der Waals surface area contributed by atoms with Crippen molar-refractivity contribution in [3.8, 4) is 5.75 Å². The van der Waals surface area contributed by atoms with Gasteiger partial charge in [0.15, 0.2) is 0 Å². The summed E-state index contributed by atoms with van der Waals surface area (Å²) < 4.78 is 6.54. The second kappa shape index (κ2) is 8.22. The molecular weight excluding hydrogens is 378 g/mol.